The molecule has 29 heavy (non-hydrogen) atoms. The van der Waals surface area contributed by atoms with Crippen molar-refractivity contribution in [2.24, 2.45) is 0 Å². The van der Waals surface area contributed by atoms with Crippen molar-refractivity contribution in [3.8, 4) is 17.3 Å². The van der Waals surface area contributed by atoms with Crippen LogP contribution in [0.4, 0.5) is 5.82 Å². The van der Waals surface area contributed by atoms with E-state index in [1.807, 2.05) is 72.8 Å². The Bertz CT molecular complexity index is 1170. The van der Waals surface area contributed by atoms with E-state index in [4.69, 9.17) is 5.26 Å². The summed E-state index contributed by atoms with van der Waals surface area (Å²) in [6, 6.07) is 30.2. The summed E-state index contributed by atoms with van der Waals surface area (Å²) in [5.74, 6) is 0.390. The highest BCUT2D eigenvalue weighted by molar-refractivity contribution is 5.97. The summed E-state index contributed by atoms with van der Waals surface area (Å²) in [4.78, 5) is 13.0. The second-order valence-electron chi connectivity index (χ2n) is 6.53. The molecule has 0 aliphatic rings. The highest BCUT2D eigenvalue weighted by Crippen LogP contribution is 2.23. The van der Waals surface area contributed by atoms with Crippen LogP contribution in [-0.2, 0) is 6.54 Å². The third-order valence-corrected chi connectivity index (χ3v) is 4.52. The summed E-state index contributed by atoms with van der Waals surface area (Å²) >= 11 is 0. The molecule has 4 aromatic rings. The SMILES string of the molecule is N#Cc1cccc(CNc2cc(-c3ccccc3)nn2C(=O)c2ccccc2)c1. The minimum Gasteiger partial charge on any atom is -0.366 e. The molecule has 0 aliphatic heterocycles. The summed E-state index contributed by atoms with van der Waals surface area (Å²) in [7, 11) is 0. The van der Waals surface area contributed by atoms with E-state index in [2.05, 4.69) is 16.5 Å². The predicted molar refractivity (Wildman–Crippen MR) is 112 cm³/mol. The van der Waals surface area contributed by atoms with Crippen molar-refractivity contribution >= 4 is 11.7 Å². The van der Waals surface area contributed by atoms with Crippen LogP contribution in [0.25, 0.3) is 11.3 Å². The molecule has 0 spiro atoms. The van der Waals surface area contributed by atoms with E-state index in [1.54, 1.807) is 18.2 Å². The molecule has 0 fully saturated rings. The van der Waals surface area contributed by atoms with Crippen molar-refractivity contribution in [3.05, 3.63) is 108 Å². The van der Waals surface area contributed by atoms with Crippen molar-refractivity contribution in [3.63, 3.8) is 0 Å². The maximum Gasteiger partial charge on any atom is 0.280 e. The Hall–Kier alpha value is -4.17. The number of hydrogen-bond acceptors (Lipinski definition) is 4. The van der Waals surface area contributed by atoms with Crippen LogP contribution in [0, 0.1) is 11.3 Å². The van der Waals surface area contributed by atoms with Gasteiger partial charge in [-0.2, -0.15) is 15.0 Å². The topological polar surface area (TPSA) is 70.7 Å². The average Bonchev–Trinajstić information content (AvgIpc) is 3.23. The first-order chi connectivity index (χ1) is 14.2. The molecular weight excluding hydrogens is 360 g/mol. The first-order valence-corrected chi connectivity index (χ1v) is 9.23. The Kier molecular flexibility index (Phi) is 5.17. The lowest BCUT2D eigenvalue weighted by molar-refractivity contribution is 0.0948. The van der Waals surface area contributed by atoms with Gasteiger partial charge in [0.1, 0.15) is 5.82 Å². The zero-order valence-electron chi connectivity index (χ0n) is 15.6. The molecule has 0 aliphatic carbocycles. The first-order valence-electron chi connectivity index (χ1n) is 9.23. The Morgan fingerprint density at radius 3 is 2.38 bits per heavy atom. The predicted octanol–water partition coefficient (Wildman–Crippen LogP) is 4.72. The van der Waals surface area contributed by atoms with Crippen LogP contribution < -0.4 is 5.32 Å². The van der Waals surface area contributed by atoms with Crippen LogP contribution in [-0.4, -0.2) is 15.7 Å². The molecular formula is C24H18N4O. The lowest BCUT2D eigenvalue weighted by Crippen LogP contribution is -2.17. The molecule has 0 atom stereocenters. The molecule has 1 heterocycles. The van der Waals surface area contributed by atoms with Gasteiger partial charge < -0.3 is 5.32 Å². The van der Waals surface area contributed by atoms with Crippen molar-refractivity contribution in [2.45, 2.75) is 6.54 Å². The molecule has 3 aromatic carbocycles. The number of nitrogens with zero attached hydrogens (tertiary/aromatic N) is 3. The first kappa shape index (κ1) is 18.2. The van der Waals surface area contributed by atoms with Crippen LogP contribution in [0.5, 0.6) is 0 Å². The fourth-order valence-corrected chi connectivity index (χ4v) is 3.06. The molecule has 4 rings (SSSR count). The van der Waals surface area contributed by atoms with Gasteiger partial charge in [-0.3, -0.25) is 4.79 Å². The molecule has 0 amide bonds. The van der Waals surface area contributed by atoms with E-state index >= 15 is 0 Å². The highest BCUT2D eigenvalue weighted by Gasteiger charge is 2.17. The van der Waals surface area contributed by atoms with Gasteiger partial charge in [-0.05, 0) is 29.8 Å². The van der Waals surface area contributed by atoms with Gasteiger partial charge in [0.2, 0.25) is 0 Å². The van der Waals surface area contributed by atoms with E-state index in [1.165, 1.54) is 4.68 Å². The molecule has 140 valence electrons. The number of anilines is 1. The number of rotatable bonds is 5. The summed E-state index contributed by atoms with van der Waals surface area (Å²) in [5.41, 5.74) is 3.75. The van der Waals surface area contributed by atoms with Gasteiger partial charge >= 0.3 is 0 Å². The zero-order chi connectivity index (χ0) is 20.1. The number of aromatic nitrogens is 2. The molecule has 0 saturated carbocycles. The van der Waals surface area contributed by atoms with Crippen LogP contribution in [0.15, 0.2) is 91.0 Å². The molecule has 0 bridgehead atoms. The van der Waals surface area contributed by atoms with Crippen LogP contribution >= 0.6 is 0 Å². The van der Waals surface area contributed by atoms with E-state index in [0.717, 1.165) is 11.1 Å². The van der Waals surface area contributed by atoms with Gasteiger partial charge in [0.05, 0.1) is 17.3 Å². The maximum atomic E-state index is 13.0. The fourth-order valence-electron chi connectivity index (χ4n) is 3.06. The van der Waals surface area contributed by atoms with E-state index < -0.39 is 0 Å². The average molecular weight is 378 g/mol. The number of hydrogen-bond donors (Lipinski definition) is 1. The smallest absolute Gasteiger partial charge is 0.280 e. The molecule has 0 radical (unpaired) electrons. The van der Waals surface area contributed by atoms with Gasteiger partial charge in [0.15, 0.2) is 0 Å². The van der Waals surface area contributed by atoms with Crippen LogP contribution in [0.1, 0.15) is 21.5 Å². The summed E-state index contributed by atoms with van der Waals surface area (Å²) in [5, 5.41) is 16.9. The summed E-state index contributed by atoms with van der Waals surface area (Å²) < 4.78 is 1.39. The quantitative estimate of drug-likeness (QED) is 0.545. The lowest BCUT2D eigenvalue weighted by Gasteiger charge is -2.09. The fraction of sp³-hybridized carbons (Fsp3) is 0.0417. The van der Waals surface area contributed by atoms with E-state index in [9.17, 15) is 4.79 Å². The molecule has 1 aromatic heterocycles. The molecule has 0 saturated heterocycles. The van der Waals surface area contributed by atoms with Gasteiger partial charge in [0, 0.05) is 23.7 Å². The van der Waals surface area contributed by atoms with Crippen molar-refractivity contribution in [1.29, 1.82) is 5.26 Å². The van der Waals surface area contributed by atoms with Crippen LogP contribution in [0.2, 0.25) is 0 Å². The van der Waals surface area contributed by atoms with Crippen LogP contribution in [0.3, 0.4) is 0 Å². The molecule has 0 unspecified atom stereocenters. The standard InChI is InChI=1S/C24H18N4O/c25-16-18-8-7-9-19(14-18)17-26-23-15-22(20-10-3-1-4-11-20)27-28(23)24(29)21-12-5-2-6-13-21/h1-15,26H,17H2. The van der Waals surface area contributed by atoms with Crippen molar-refractivity contribution in [1.82, 2.24) is 9.78 Å². The minimum absolute atomic E-state index is 0.207. The number of carbonyl (C=O) groups is 1. The number of nitriles is 1. The summed E-state index contributed by atoms with van der Waals surface area (Å²) in [6.45, 7) is 0.470. The Morgan fingerprint density at radius 2 is 1.66 bits per heavy atom. The highest BCUT2D eigenvalue weighted by atomic mass is 16.2. The third-order valence-electron chi connectivity index (χ3n) is 4.52. The largest absolute Gasteiger partial charge is 0.366 e. The lowest BCUT2D eigenvalue weighted by atomic mass is 10.1. The van der Waals surface area contributed by atoms with Gasteiger partial charge in [0.25, 0.3) is 5.91 Å². The Balaban J connectivity index is 1.68. The Morgan fingerprint density at radius 1 is 0.931 bits per heavy atom. The molecule has 5 heteroatoms. The van der Waals surface area contributed by atoms with Gasteiger partial charge in [-0.25, -0.2) is 0 Å². The zero-order valence-corrected chi connectivity index (χ0v) is 15.6. The summed E-state index contributed by atoms with van der Waals surface area (Å²) in [6.07, 6.45) is 0. The van der Waals surface area contributed by atoms with Crippen molar-refractivity contribution < 1.29 is 4.79 Å². The maximum absolute atomic E-state index is 13.0. The monoisotopic (exact) mass is 378 g/mol. The normalized spacial score (nSPS) is 10.3. The van der Waals surface area contributed by atoms with E-state index in [0.29, 0.717) is 29.2 Å². The molecule has 1 N–H and O–H groups in total. The minimum atomic E-state index is -0.207. The third kappa shape index (κ3) is 4.07. The van der Waals surface area contributed by atoms with Crippen molar-refractivity contribution in [2.75, 3.05) is 5.32 Å². The number of nitrogens with one attached hydrogen (secondary N) is 1. The second-order valence-corrected chi connectivity index (χ2v) is 6.53. The number of benzene rings is 3. The van der Waals surface area contributed by atoms with Gasteiger partial charge in [-0.1, -0.05) is 60.7 Å². The number of carbonyl (C=O) groups excluding carboxylic acids is 1. The van der Waals surface area contributed by atoms with Gasteiger partial charge in [-0.15, -0.1) is 0 Å². The van der Waals surface area contributed by atoms with E-state index in [-0.39, 0.29) is 5.91 Å². The second kappa shape index (κ2) is 8.24. The molecule has 5 nitrogen and oxygen atoms in total. The Labute approximate surface area is 168 Å².